The van der Waals surface area contributed by atoms with Gasteiger partial charge in [-0.1, -0.05) is 6.92 Å². The van der Waals surface area contributed by atoms with Crippen molar-refractivity contribution in [3.63, 3.8) is 0 Å². The third-order valence-corrected chi connectivity index (χ3v) is 3.34. The zero-order valence-corrected chi connectivity index (χ0v) is 11.7. The first-order valence-electron chi connectivity index (χ1n) is 6.91. The van der Waals surface area contributed by atoms with Gasteiger partial charge in [0.15, 0.2) is 0 Å². The van der Waals surface area contributed by atoms with Crippen LogP contribution in [-0.2, 0) is 4.79 Å². The van der Waals surface area contributed by atoms with Gasteiger partial charge >= 0.3 is 6.03 Å². The average molecular weight is 255 g/mol. The summed E-state index contributed by atoms with van der Waals surface area (Å²) in [6.07, 6.45) is 4.19. The SMILES string of the molecule is CCCNC(=O)NC(C)C(=O)N1CCCCC1C. The molecule has 0 radical (unpaired) electrons. The molecule has 1 saturated heterocycles. The molecule has 5 nitrogen and oxygen atoms in total. The smallest absolute Gasteiger partial charge is 0.315 e. The molecule has 0 bridgehead atoms. The van der Waals surface area contributed by atoms with Crippen LogP contribution in [0.3, 0.4) is 0 Å². The lowest BCUT2D eigenvalue weighted by molar-refractivity contribution is -0.136. The highest BCUT2D eigenvalue weighted by Gasteiger charge is 2.27. The fourth-order valence-electron chi connectivity index (χ4n) is 2.22. The molecule has 0 saturated carbocycles. The Balaban J connectivity index is 2.42. The Morgan fingerprint density at radius 1 is 1.39 bits per heavy atom. The summed E-state index contributed by atoms with van der Waals surface area (Å²) in [5, 5.41) is 5.40. The van der Waals surface area contributed by atoms with Crippen LogP contribution in [0.25, 0.3) is 0 Å². The number of likely N-dealkylation sites (tertiary alicyclic amines) is 1. The third-order valence-electron chi connectivity index (χ3n) is 3.34. The van der Waals surface area contributed by atoms with Crippen molar-refractivity contribution in [3.05, 3.63) is 0 Å². The minimum atomic E-state index is -0.456. The van der Waals surface area contributed by atoms with Gasteiger partial charge in [0.1, 0.15) is 6.04 Å². The summed E-state index contributed by atoms with van der Waals surface area (Å²) in [5.74, 6) is 0.0221. The number of nitrogens with one attached hydrogen (secondary N) is 2. The molecule has 0 aliphatic carbocycles. The van der Waals surface area contributed by atoms with Crippen LogP contribution >= 0.6 is 0 Å². The zero-order chi connectivity index (χ0) is 13.5. The van der Waals surface area contributed by atoms with E-state index in [4.69, 9.17) is 0 Å². The van der Waals surface area contributed by atoms with Gasteiger partial charge in [0.25, 0.3) is 0 Å². The molecular formula is C13H25N3O2. The van der Waals surface area contributed by atoms with Crippen molar-refractivity contribution in [2.45, 2.75) is 58.5 Å². The largest absolute Gasteiger partial charge is 0.338 e. The lowest BCUT2D eigenvalue weighted by Gasteiger charge is -2.35. The van der Waals surface area contributed by atoms with Gasteiger partial charge in [0.2, 0.25) is 5.91 Å². The maximum atomic E-state index is 12.2. The summed E-state index contributed by atoms with van der Waals surface area (Å²) >= 11 is 0. The van der Waals surface area contributed by atoms with Crippen LogP contribution in [0.15, 0.2) is 0 Å². The fourth-order valence-corrected chi connectivity index (χ4v) is 2.22. The summed E-state index contributed by atoms with van der Waals surface area (Å²) in [4.78, 5) is 25.6. The molecule has 2 unspecified atom stereocenters. The number of carbonyl (C=O) groups is 2. The third kappa shape index (κ3) is 4.20. The van der Waals surface area contributed by atoms with E-state index >= 15 is 0 Å². The fraction of sp³-hybridized carbons (Fsp3) is 0.846. The van der Waals surface area contributed by atoms with Crippen LogP contribution in [0, 0.1) is 0 Å². The molecule has 1 fully saturated rings. The number of hydrogen-bond acceptors (Lipinski definition) is 2. The molecule has 1 aliphatic rings. The molecule has 1 aliphatic heterocycles. The first-order chi connectivity index (χ1) is 8.56. The van der Waals surface area contributed by atoms with Crippen molar-refractivity contribution in [3.8, 4) is 0 Å². The molecule has 1 rings (SSSR count). The van der Waals surface area contributed by atoms with Crippen LogP contribution in [0.5, 0.6) is 0 Å². The summed E-state index contributed by atoms with van der Waals surface area (Å²) < 4.78 is 0. The standard InChI is InChI=1S/C13H25N3O2/c1-4-8-14-13(18)15-11(3)12(17)16-9-6-5-7-10(16)2/h10-11H,4-9H2,1-3H3,(H2,14,15,18). The van der Waals surface area contributed by atoms with Gasteiger partial charge in [-0.25, -0.2) is 4.79 Å². The van der Waals surface area contributed by atoms with Crippen molar-refractivity contribution in [2.24, 2.45) is 0 Å². The predicted molar refractivity (Wildman–Crippen MR) is 71.3 cm³/mol. The molecule has 0 spiro atoms. The lowest BCUT2D eigenvalue weighted by atomic mass is 10.0. The maximum Gasteiger partial charge on any atom is 0.315 e. The van der Waals surface area contributed by atoms with Crippen LogP contribution in [-0.4, -0.2) is 42.0 Å². The number of urea groups is 1. The van der Waals surface area contributed by atoms with Gasteiger partial charge in [-0.3, -0.25) is 4.79 Å². The molecule has 18 heavy (non-hydrogen) atoms. The number of carbonyl (C=O) groups excluding carboxylic acids is 2. The van der Waals surface area contributed by atoms with Crippen LogP contribution in [0.4, 0.5) is 4.79 Å². The van der Waals surface area contributed by atoms with Crippen LogP contribution in [0.1, 0.15) is 46.5 Å². The van der Waals surface area contributed by atoms with Crippen LogP contribution in [0.2, 0.25) is 0 Å². The summed E-state index contributed by atoms with van der Waals surface area (Å²) in [6, 6.07) is -0.432. The molecule has 3 amide bonds. The van der Waals surface area contributed by atoms with Gasteiger partial charge in [-0.15, -0.1) is 0 Å². The van der Waals surface area contributed by atoms with Crippen LogP contribution < -0.4 is 10.6 Å². The van der Waals surface area contributed by atoms with E-state index in [0.29, 0.717) is 6.54 Å². The van der Waals surface area contributed by atoms with E-state index in [1.807, 2.05) is 11.8 Å². The van der Waals surface area contributed by atoms with Crippen molar-refractivity contribution in [1.29, 1.82) is 0 Å². The van der Waals surface area contributed by atoms with Gasteiger partial charge in [-0.05, 0) is 39.5 Å². The second-order valence-corrected chi connectivity index (χ2v) is 5.00. The molecule has 104 valence electrons. The summed E-state index contributed by atoms with van der Waals surface area (Å²) in [5.41, 5.74) is 0. The molecule has 1 heterocycles. The molecule has 2 atom stereocenters. The molecule has 2 N–H and O–H groups in total. The zero-order valence-electron chi connectivity index (χ0n) is 11.7. The Bertz CT molecular complexity index is 294. The van der Waals surface area contributed by atoms with Gasteiger partial charge in [0, 0.05) is 19.1 Å². The highest BCUT2D eigenvalue weighted by molar-refractivity contribution is 5.86. The number of rotatable bonds is 4. The normalized spacial score (nSPS) is 21.3. The molecule has 5 heteroatoms. The van der Waals surface area contributed by atoms with Crippen molar-refractivity contribution >= 4 is 11.9 Å². The van der Waals surface area contributed by atoms with Gasteiger partial charge in [0.05, 0.1) is 0 Å². The van der Waals surface area contributed by atoms with Gasteiger partial charge < -0.3 is 15.5 Å². The Kier molecular flexibility index (Phi) is 5.95. The van der Waals surface area contributed by atoms with E-state index in [9.17, 15) is 9.59 Å². The minimum absolute atomic E-state index is 0.0221. The monoisotopic (exact) mass is 255 g/mol. The Labute approximate surface area is 109 Å². The van der Waals surface area contributed by atoms with E-state index in [0.717, 1.165) is 25.8 Å². The summed E-state index contributed by atoms with van der Waals surface area (Å²) in [6.45, 7) is 7.25. The molecular weight excluding hydrogens is 230 g/mol. The minimum Gasteiger partial charge on any atom is -0.338 e. The first kappa shape index (κ1) is 14.8. The maximum absolute atomic E-state index is 12.2. The highest BCUT2D eigenvalue weighted by Crippen LogP contribution is 2.17. The molecule has 0 aromatic rings. The van der Waals surface area contributed by atoms with E-state index in [1.54, 1.807) is 6.92 Å². The first-order valence-corrected chi connectivity index (χ1v) is 6.91. The summed E-state index contributed by atoms with van der Waals surface area (Å²) in [7, 11) is 0. The van der Waals surface area contributed by atoms with E-state index in [-0.39, 0.29) is 18.0 Å². The Morgan fingerprint density at radius 3 is 2.72 bits per heavy atom. The van der Waals surface area contributed by atoms with Crippen molar-refractivity contribution in [2.75, 3.05) is 13.1 Å². The predicted octanol–water partition coefficient (Wildman–Crippen LogP) is 1.49. The van der Waals surface area contributed by atoms with E-state index in [2.05, 4.69) is 17.6 Å². The highest BCUT2D eigenvalue weighted by atomic mass is 16.2. The van der Waals surface area contributed by atoms with Crippen molar-refractivity contribution < 1.29 is 9.59 Å². The number of hydrogen-bond donors (Lipinski definition) is 2. The second-order valence-electron chi connectivity index (χ2n) is 5.00. The molecule has 0 aromatic heterocycles. The van der Waals surface area contributed by atoms with Crippen molar-refractivity contribution in [1.82, 2.24) is 15.5 Å². The van der Waals surface area contributed by atoms with Gasteiger partial charge in [-0.2, -0.15) is 0 Å². The topological polar surface area (TPSA) is 61.4 Å². The average Bonchev–Trinajstić information content (AvgIpc) is 2.36. The van der Waals surface area contributed by atoms with E-state index < -0.39 is 6.04 Å². The lowest BCUT2D eigenvalue weighted by Crippen LogP contribution is -2.53. The molecule has 0 aromatic carbocycles. The second kappa shape index (κ2) is 7.24. The number of nitrogens with zero attached hydrogens (tertiary/aromatic N) is 1. The number of amides is 3. The Morgan fingerprint density at radius 2 is 2.11 bits per heavy atom. The van der Waals surface area contributed by atoms with E-state index in [1.165, 1.54) is 6.42 Å². The quantitative estimate of drug-likeness (QED) is 0.799. The Hall–Kier alpha value is -1.26. The number of piperidine rings is 1.